The summed E-state index contributed by atoms with van der Waals surface area (Å²) in [7, 11) is 1.68. The summed E-state index contributed by atoms with van der Waals surface area (Å²) in [4.78, 5) is 28.2. The monoisotopic (exact) mass is 282 g/mol. The summed E-state index contributed by atoms with van der Waals surface area (Å²) in [5, 5.41) is 8.56. The predicted molar refractivity (Wildman–Crippen MR) is 80.1 cm³/mol. The molecule has 0 unspecified atom stereocenters. The Hall–Kier alpha value is -2.95. The second-order valence-electron chi connectivity index (χ2n) is 4.37. The Labute approximate surface area is 122 Å². The van der Waals surface area contributed by atoms with Crippen LogP contribution < -0.4 is 4.90 Å². The molecule has 5 nitrogen and oxygen atoms in total. The van der Waals surface area contributed by atoms with E-state index in [1.54, 1.807) is 55.8 Å². The van der Waals surface area contributed by atoms with Crippen LogP contribution in [-0.2, 0) is 4.79 Å². The summed E-state index contributed by atoms with van der Waals surface area (Å²) in [6.07, 6.45) is 5.78. The van der Waals surface area contributed by atoms with Gasteiger partial charge in [-0.2, -0.15) is 0 Å². The van der Waals surface area contributed by atoms with Crippen molar-refractivity contribution in [2.24, 2.45) is 0 Å². The van der Waals surface area contributed by atoms with Gasteiger partial charge in [-0.15, -0.1) is 0 Å². The van der Waals surface area contributed by atoms with Crippen molar-refractivity contribution < 1.29 is 14.7 Å². The molecule has 21 heavy (non-hydrogen) atoms. The van der Waals surface area contributed by atoms with E-state index in [9.17, 15) is 9.59 Å². The number of amides is 1. The lowest BCUT2D eigenvalue weighted by atomic mass is 10.1. The van der Waals surface area contributed by atoms with Crippen molar-refractivity contribution >= 4 is 23.6 Å². The van der Waals surface area contributed by atoms with Crippen molar-refractivity contribution in [2.45, 2.75) is 0 Å². The minimum Gasteiger partial charge on any atom is -0.478 e. The average Bonchev–Trinajstić information content (AvgIpc) is 2.53. The first-order valence-corrected chi connectivity index (χ1v) is 6.27. The molecule has 5 heteroatoms. The molecule has 2 rings (SSSR count). The van der Waals surface area contributed by atoms with Crippen LogP contribution in [0.1, 0.15) is 15.9 Å². The molecule has 0 bridgehead atoms. The SMILES string of the molecule is CN(C(=O)c1ccc(C=CC(=O)O)cc1)c1cccnc1. The van der Waals surface area contributed by atoms with Crippen LogP contribution in [0.25, 0.3) is 6.08 Å². The zero-order valence-electron chi connectivity index (χ0n) is 11.4. The fourth-order valence-corrected chi connectivity index (χ4v) is 1.77. The third-order valence-corrected chi connectivity index (χ3v) is 2.91. The third-order valence-electron chi connectivity index (χ3n) is 2.91. The maximum Gasteiger partial charge on any atom is 0.328 e. The van der Waals surface area contributed by atoms with Gasteiger partial charge in [-0.3, -0.25) is 9.78 Å². The third kappa shape index (κ3) is 3.76. The largest absolute Gasteiger partial charge is 0.478 e. The number of nitrogens with zero attached hydrogens (tertiary/aromatic N) is 2. The predicted octanol–water partition coefficient (Wildman–Crippen LogP) is 2.46. The van der Waals surface area contributed by atoms with Crippen LogP contribution in [0.3, 0.4) is 0 Å². The number of carbonyl (C=O) groups excluding carboxylic acids is 1. The Morgan fingerprint density at radius 2 is 1.90 bits per heavy atom. The van der Waals surface area contributed by atoms with Crippen molar-refractivity contribution in [3.05, 3.63) is 66.0 Å². The highest BCUT2D eigenvalue weighted by Gasteiger charge is 2.12. The topological polar surface area (TPSA) is 70.5 Å². The normalized spacial score (nSPS) is 10.5. The molecule has 0 radical (unpaired) electrons. The molecular weight excluding hydrogens is 268 g/mol. The summed E-state index contributed by atoms with van der Waals surface area (Å²) in [6, 6.07) is 10.3. The lowest BCUT2D eigenvalue weighted by molar-refractivity contribution is -0.131. The molecule has 0 aliphatic carbocycles. The fourth-order valence-electron chi connectivity index (χ4n) is 1.77. The highest BCUT2D eigenvalue weighted by Crippen LogP contribution is 2.14. The smallest absolute Gasteiger partial charge is 0.328 e. The number of rotatable bonds is 4. The van der Waals surface area contributed by atoms with Crippen LogP contribution in [0.4, 0.5) is 5.69 Å². The molecule has 0 aliphatic rings. The molecule has 2 aromatic rings. The molecule has 1 aromatic carbocycles. The van der Waals surface area contributed by atoms with Gasteiger partial charge in [-0.25, -0.2) is 4.79 Å². The quantitative estimate of drug-likeness (QED) is 0.874. The summed E-state index contributed by atoms with van der Waals surface area (Å²) in [5.41, 5.74) is 1.95. The highest BCUT2D eigenvalue weighted by molar-refractivity contribution is 6.05. The second-order valence-corrected chi connectivity index (χ2v) is 4.37. The van der Waals surface area contributed by atoms with E-state index in [-0.39, 0.29) is 5.91 Å². The lowest BCUT2D eigenvalue weighted by Gasteiger charge is -2.16. The van der Waals surface area contributed by atoms with Gasteiger partial charge in [0.05, 0.1) is 11.9 Å². The molecule has 0 spiro atoms. The lowest BCUT2D eigenvalue weighted by Crippen LogP contribution is -2.26. The number of carboxylic acids is 1. The average molecular weight is 282 g/mol. The number of aliphatic carboxylic acids is 1. The Bertz CT molecular complexity index is 664. The van der Waals surface area contributed by atoms with Crippen molar-refractivity contribution in [3.8, 4) is 0 Å². The van der Waals surface area contributed by atoms with Gasteiger partial charge in [-0.05, 0) is 35.9 Å². The number of hydrogen-bond acceptors (Lipinski definition) is 3. The van der Waals surface area contributed by atoms with Crippen LogP contribution in [0.15, 0.2) is 54.9 Å². The molecule has 0 saturated carbocycles. The van der Waals surface area contributed by atoms with Crippen molar-refractivity contribution in [1.82, 2.24) is 4.98 Å². The van der Waals surface area contributed by atoms with Crippen molar-refractivity contribution in [2.75, 3.05) is 11.9 Å². The van der Waals surface area contributed by atoms with Gasteiger partial charge in [-0.1, -0.05) is 12.1 Å². The van der Waals surface area contributed by atoms with E-state index in [0.29, 0.717) is 11.3 Å². The first kappa shape index (κ1) is 14.5. The number of aromatic nitrogens is 1. The van der Waals surface area contributed by atoms with Crippen LogP contribution in [0.2, 0.25) is 0 Å². The molecule has 1 amide bonds. The number of benzene rings is 1. The van der Waals surface area contributed by atoms with Crippen LogP contribution in [0, 0.1) is 0 Å². The zero-order chi connectivity index (χ0) is 15.2. The highest BCUT2D eigenvalue weighted by atomic mass is 16.4. The molecule has 1 N–H and O–H groups in total. The Morgan fingerprint density at radius 3 is 2.48 bits per heavy atom. The minimum absolute atomic E-state index is 0.156. The number of carboxylic acid groups (broad SMARTS) is 1. The van der Waals surface area contributed by atoms with Gasteiger partial charge < -0.3 is 10.0 Å². The second kappa shape index (κ2) is 6.47. The molecule has 1 aromatic heterocycles. The molecule has 0 fully saturated rings. The van der Waals surface area contributed by atoms with Crippen LogP contribution in [-0.4, -0.2) is 29.0 Å². The summed E-state index contributed by atoms with van der Waals surface area (Å²) in [5.74, 6) is -1.16. The van der Waals surface area contributed by atoms with Crippen molar-refractivity contribution in [1.29, 1.82) is 0 Å². The maximum absolute atomic E-state index is 12.3. The molecule has 0 saturated heterocycles. The minimum atomic E-state index is -1.01. The molecule has 1 heterocycles. The van der Waals surface area contributed by atoms with Crippen LogP contribution in [0.5, 0.6) is 0 Å². The molecular formula is C16H14N2O3. The number of anilines is 1. The Kier molecular flexibility index (Phi) is 4.46. The first-order chi connectivity index (χ1) is 10.1. The summed E-state index contributed by atoms with van der Waals surface area (Å²) >= 11 is 0. The number of carbonyl (C=O) groups is 2. The van der Waals surface area contributed by atoms with Gasteiger partial charge in [0, 0.05) is 24.9 Å². The summed E-state index contributed by atoms with van der Waals surface area (Å²) in [6.45, 7) is 0. The van der Waals surface area contributed by atoms with Gasteiger partial charge in [0.15, 0.2) is 0 Å². The van der Waals surface area contributed by atoms with Crippen LogP contribution >= 0.6 is 0 Å². The number of hydrogen-bond donors (Lipinski definition) is 1. The van der Waals surface area contributed by atoms with Gasteiger partial charge in [0.1, 0.15) is 0 Å². The zero-order valence-corrected chi connectivity index (χ0v) is 11.4. The van der Waals surface area contributed by atoms with E-state index in [2.05, 4.69) is 4.98 Å². The standard InChI is InChI=1S/C16H14N2O3/c1-18(14-3-2-10-17-11-14)16(21)13-7-4-12(5-8-13)6-9-15(19)20/h2-11H,1H3,(H,19,20). The summed E-state index contributed by atoms with van der Waals surface area (Å²) < 4.78 is 0. The van der Waals surface area contributed by atoms with Gasteiger partial charge >= 0.3 is 5.97 Å². The maximum atomic E-state index is 12.3. The van der Waals surface area contributed by atoms with Gasteiger partial charge in [0.25, 0.3) is 5.91 Å². The molecule has 0 aliphatic heterocycles. The van der Waals surface area contributed by atoms with E-state index in [1.807, 2.05) is 0 Å². The molecule has 106 valence electrons. The van der Waals surface area contributed by atoms with E-state index in [0.717, 1.165) is 11.6 Å². The van der Waals surface area contributed by atoms with Crippen molar-refractivity contribution in [3.63, 3.8) is 0 Å². The Balaban J connectivity index is 2.15. The first-order valence-electron chi connectivity index (χ1n) is 6.27. The molecule has 0 atom stereocenters. The van der Waals surface area contributed by atoms with Gasteiger partial charge in [0.2, 0.25) is 0 Å². The van der Waals surface area contributed by atoms with E-state index < -0.39 is 5.97 Å². The van der Waals surface area contributed by atoms with E-state index in [1.165, 1.54) is 11.0 Å². The Morgan fingerprint density at radius 1 is 1.19 bits per heavy atom. The van der Waals surface area contributed by atoms with E-state index in [4.69, 9.17) is 5.11 Å². The van der Waals surface area contributed by atoms with E-state index >= 15 is 0 Å². The fraction of sp³-hybridized carbons (Fsp3) is 0.0625. The number of pyridine rings is 1.